The predicted octanol–water partition coefficient (Wildman–Crippen LogP) is 2.39. The fourth-order valence-corrected chi connectivity index (χ4v) is 3.68. The van der Waals surface area contributed by atoms with Crippen molar-refractivity contribution < 1.29 is 13.5 Å². The van der Waals surface area contributed by atoms with E-state index in [0.29, 0.717) is 12.3 Å². The Labute approximate surface area is 106 Å². The van der Waals surface area contributed by atoms with E-state index < -0.39 is 9.84 Å². The maximum absolute atomic E-state index is 11.7. The van der Waals surface area contributed by atoms with Gasteiger partial charge in [0.25, 0.3) is 0 Å². The van der Waals surface area contributed by atoms with E-state index in [9.17, 15) is 13.5 Å². The summed E-state index contributed by atoms with van der Waals surface area (Å²) in [5, 5.41) is 9.62. The average molecular weight is 262 g/mol. The number of rotatable bonds is 5. The summed E-state index contributed by atoms with van der Waals surface area (Å²) in [6, 6.07) is 0. The van der Waals surface area contributed by atoms with Crippen LogP contribution in [-0.4, -0.2) is 30.6 Å². The van der Waals surface area contributed by atoms with E-state index in [0.717, 1.165) is 25.7 Å². The lowest BCUT2D eigenvalue weighted by molar-refractivity contribution is 0.0459. The summed E-state index contributed by atoms with van der Waals surface area (Å²) < 4.78 is 23.5. The monoisotopic (exact) mass is 262 g/mol. The molecule has 1 aliphatic rings. The van der Waals surface area contributed by atoms with E-state index in [1.165, 1.54) is 0 Å². The first-order valence-corrected chi connectivity index (χ1v) is 8.48. The molecule has 0 aromatic rings. The zero-order valence-electron chi connectivity index (χ0n) is 11.2. The maximum Gasteiger partial charge on any atom is 0.152 e. The Bertz CT molecular complexity index is 322. The quantitative estimate of drug-likeness (QED) is 0.827. The third-order valence-electron chi connectivity index (χ3n) is 4.12. The molecule has 102 valence electrons. The van der Waals surface area contributed by atoms with Gasteiger partial charge in [-0.05, 0) is 51.4 Å². The summed E-state index contributed by atoms with van der Waals surface area (Å²) in [5.74, 6) is 1.08. The summed E-state index contributed by atoms with van der Waals surface area (Å²) in [5.41, 5.74) is 0. The minimum Gasteiger partial charge on any atom is -0.393 e. The second-order valence-electron chi connectivity index (χ2n) is 5.62. The van der Waals surface area contributed by atoms with Gasteiger partial charge in [0.05, 0.1) is 17.1 Å². The summed E-state index contributed by atoms with van der Waals surface area (Å²) in [7, 11) is -2.96. The van der Waals surface area contributed by atoms with Crippen molar-refractivity contribution in [3.63, 3.8) is 0 Å². The second-order valence-corrected chi connectivity index (χ2v) is 8.30. The summed E-state index contributed by atoms with van der Waals surface area (Å²) >= 11 is 0. The van der Waals surface area contributed by atoms with Gasteiger partial charge in [-0.15, -0.1) is 0 Å². The van der Waals surface area contributed by atoms with Gasteiger partial charge in [-0.1, -0.05) is 13.3 Å². The van der Waals surface area contributed by atoms with Gasteiger partial charge in [-0.25, -0.2) is 8.42 Å². The Morgan fingerprint density at radius 3 is 2.47 bits per heavy atom. The maximum atomic E-state index is 11.7. The fourth-order valence-electron chi connectivity index (χ4n) is 2.58. The van der Waals surface area contributed by atoms with Crippen LogP contribution in [0.15, 0.2) is 0 Å². The second kappa shape index (κ2) is 6.19. The minimum absolute atomic E-state index is 0.183. The number of hydrogen-bond donors (Lipinski definition) is 1. The minimum atomic E-state index is -2.96. The first kappa shape index (κ1) is 15.0. The molecule has 0 saturated heterocycles. The number of aliphatic hydroxyl groups excluding tert-OH is 1. The molecule has 17 heavy (non-hydrogen) atoms. The van der Waals surface area contributed by atoms with Crippen molar-refractivity contribution in [2.24, 2.45) is 11.8 Å². The molecule has 1 fully saturated rings. The number of aliphatic hydroxyl groups is 1. The lowest BCUT2D eigenvalue weighted by atomic mass is 9.77. The third-order valence-corrected chi connectivity index (χ3v) is 6.36. The zero-order valence-corrected chi connectivity index (χ0v) is 12.0. The SMILES string of the molecule is CCC1CCC(O)C(CCS(=O)(=O)C(C)C)C1. The van der Waals surface area contributed by atoms with E-state index in [2.05, 4.69) is 6.92 Å². The normalized spacial score (nSPS) is 30.8. The number of hydrogen-bond acceptors (Lipinski definition) is 3. The van der Waals surface area contributed by atoms with Crippen molar-refractivity contribution in [3.8, 4) is 0 Å². The molecule has 0 radical (unpaired) electrons. The van der Waals surface area contributed by atoms with Crippen molar-refractivity contribution in [1.82, 2.24) is 0 Å². The average Bonchev–Trinajstić information content (AvgIpc) is 2.28. The molecule has 1 rings (SSSR count). The molecule has 0 heterocycles. The molecule has 0 aliphatic heterocycles. The van der Waals surface area contributed by atoms with Crippen LogP contribution < -0.4 is 0 Å². The highest BCUT2D eigenvalue weighted by Gasteiger charge is 2.29. The molecule has 3 nitrogen and oxygen atoms in total. The molecule has 0 aromatic heterocycles. The van der Waals surface area contributed by atoms with Crippen molar-refractivity contribution in [2.75, 3.05) is 5.75 Å². The molecule has 3 unspecified atom stereocenters. The topological polar surface area (TPSA) is 54.4 Å². The fraction of sp³-hybridized carbons (Fsp3) is 1.00. The van der Waals surface area contributed by atoms with Gasteiger partial charge in [-0.2, -0.15) is 0 Å². The summed E-state index contributed by atoms with van der Waals surface area (Å²) in [6.07, 6.45) is 4.39. The highest BCUT2D eigenvalue weighted by atomic mass is 32.2. The van der Waals surface area contributed by atoms with Crippen LogP contribution in [0.2, 0.25) is 0 Å². The Hall–Kier alpha value is -0.0900. The van der Waals surface area contributed by atoms with Crippen LogP contribution in [-0.2, 0) is 9.84 Å². The van der Waals surface area contributed by atoms with Crippen LogP contribution in [0.25, 0.3) is 0 Å². The van der Waals surface area contributed by atoms with Gasteiger partial charge in [0.15, 0.2) is 9.84 Å². The lowest BCUT2D eigenvalue weighted by Crippen LogP contribution is -2.31. The molecule has 1 aliphatic carbocycles. The smallest absolute Gasteiger partial charge is 0.152 e. The van der Waals surface area contributed by atoms with Crippen molar-refractivity contribution in [2.45, 2.75) is 64.2 Å². The first-order valence-electron chi connectivity index (χ1n) is 6.76. The molecule has 1 saturated carbocycles. The van der Waals surface area contributed by atoms with E-state index >= 15 is 0 Å². The number of sulfone groups is 1. The van der Waals surface area contributed by atoms with Gasteiger partial charge >= 0.3 is 0 Å². The molecular weight excluding hydrogens is 236 g/mol. The molecule has 4 heteroatoms. The highest BCUT2D eigenvalue weighted by Crippen LogP contribution is 2.33. The van der Waals surface area contributed by atoms with Gasteiger partial charge in [0.2, 0.25) is 0 Å². The van der Waals surface area contributed by atoms with Gasteiger partial charge in [0.1, 0.15) is 0 Å². The Morgan fingerprint density at radius 1 is 1.29 bits per heavy atom. The largest absolute Gasteiger partial charge is 0.393 e. The highest BCUT2D eigenvalue weighted by molar-refractivity contribution is 7.91. The van der Waals surface area contributed by atoms with Crippen molar-refractivity contribution >= 4 is 9.84 Å². The van der Waals surface area contributed by atoms with Crippen molar-refractivity contribution in [1.29, 1.82) is 0 Å². The predicted molar refractivity (Wildman–Crippen MR) is 70.7 cm³/mol. The molecule has 0 bridgehead atoms. The van der Waals surface area contributed by atoms with Crippen LogP contribution in [0.5, 0.6) is 0 Å². The molecule has 0 spiro atoms. The third kappa shape index (κ3) is 4.25. The molecule has 3 atom stereocenters. The van der Waals surface area contributed by atoms with Gasteiger partial charge in [-0.3, -0.25) is 0 Å². The Kier molecular flexibility index (Phi) is 5.45. The zero-order chi connectivity index (χ0) is 13.1. The Balaban J connectivity index is 2.50. The Morgan fingerprint density at radius 2 is 1.94 bits per heavy atom. The van der Waals surface area contributed by atoms with E-state index in [-0.39, 0.29) is 23.0 Å². The summed E-state index contributed by atoms with van der Waals surface area (Å²) in [6.45, 7) is 5.62. The van der Waals surface area contributed by atoms with Crippen LogP contribution in [0.3, 0.4) is 0 Å². The lowest BCUT2D eigenvalue weighted by Gasteiger charge is -2.33. The van der Waals surface area contributed by atoms with Crippen LogP contribution in [0.1, 0.15) is 52.9 Å². The van der Waals surface area contributed by atoms with Gasteiger partial charge in [0, 0.05) is 0 Å². The van der Waals surface area contributed by atoms with E-state index in [1.807, 2.05) is 0 Å². The van der Waals surface area contributed by atoms with E-state index in [4.69, 9.17) is 0 Å². The van der Waals surface area contributed by atoms with Gasteiger partial charge < -0.3 is 5.11 Å². The van der Waals surface area contributed by atoms with Crippen LogP contribution >= 0.6 is 0 Å². The molecule has 0 amide bonds. The first-order chi connectivity index (χ1) is 7.86. The molecule has 1 N–H and O–H groups in total. The van der Waals surface area contributed by atoms with Crippen molar-refractivity contribution in [3.05, 3.63) is 0 Å². The van der Waals surface area contributed by atoms with E-state index in [1.54, 1.807) is 13.8 Å². The summed E-state index contributed by atoms with van der Waals surface area (Å²) in [4.78, 5) is 0. The molecule has 0 aromatic carbocycles. The van der Waals surface area contributed by atoms with Crippen LogP contribution in [0.4, 0.5) is 0 Å². The standard InChI is InChI=1S/C13H26O3S/c1-4-11-5-6-13(14)12(9-11)7-8-17(15,16)10(2)3/h10-14H,4-9H2,1-3H3. The molecular formula is C13H26O3S. The van der Waals surface area contributed by atoms with Crippen LogP contribution in [0, 0.1) is 11.8 Å².